The molecule has 0 heterocycles. The van der Waals surface area contributed by atoms with Gasteiger partial charge in [0, 0.05) is 12.6 Å². The summed E-state index contributed by atoms with van der Waals surface area (Å²) in [5.74, 6) is 1.25. The second-order valence-corrected chi connectivity index (χ2v) is 5.20. The highest BCUT2D eigenvalue weighted by molar-refractivity contribution is 7.98. The van der Waals surface area contributed by atoms with Crippen LogP contribution in [0.15, 0.2) is 0 Å². The monoisotopic (exact) mass is 246 g/mol. The Hall–Kier alpha value is -0.220. The maximum Gasteiger partial charge on any atom is 0.236 e. The lowest BCUT2D eigenvalue weighted by Gasteiger charge is -2.19. The Balaban J connectivity index is 3.68. The van der Waals surface area contributed by atoms with Crippen molar-refractivity contribution in [1.82, 2.24) is 10.6 Å². The minimum absolute atomic E-state index is 0.0892. The van der Waals surface area contributed by atoms with Gasteiger partial charge >= 0.3 is 0 Å². The highest BCUT2D eigenvalue weighted by Gasteiger charge is 2.13. The molecule has 0 aliphatic carbocycles. The van der Waals surface area contributed by atoms with Crippen LogP contribution in [-0.4, -0.2) is 36.5 Å². The van der Waals surface area contributed by atoms with E-state index in [-0.39, 0.29) is 11.9 Å². The number of rotatable bonds is 9. The van der Waals surface area contributed by atoms with Crippen molar-refractivity contribution in [1.29, 1.82) is 0 Å². The van der Waals surface area contributed by atoms with E-state index in [0.717, 1.165) is 31.6 Å². The van der Waals surface area contributed by atoms with Crippen LogP contribution in [0.1, 0.15) is 40.0 Å². The predicted octanol–water partition coefficient (Wildman–Crippen LogP) is 2.02. The lowest BCUT2D eigenvalue weighted by molar-refractivity contribution is -0.122. The van der Waals surface area contributed by atoms with Gasteiger partial charge in [0.05, 0.1) is 6.04 Å². The van der Waals surface area contributed by atoms with Gasteiger partial charge in [-0.05, 0) is 38.7 Å². The van der Waals surface area contributed by atoms with E-state index < -0.39 is 0 Å². The van der Waals surface area contributed by atoms with E-state index in [9.17, 15) is 4.79 Å². The minimum Gasteiger partial charge on any atom is -0.355 e. The highest BCUT2D eigenvalue weighted by atomic mass is 32.2. The fourth-order valence-corrected chi connectivity index (χ4v) is 2.01. The van der Waals surface area contributed by atoms with Gasteiger partial charge in [-0.2, -0.15) is 11.8 Å². The van der Waals surface area contributed by atoms with Gasteiger partial charge in [-0.15, -0.1) is 0 Å². The number of hydrogen-bond acceptors (Lipinski definition) is 3. The molecule has 0 aliphatic heterocycles. The summed E-state index contributed by atoms with van der Waals surface area (Å²) in [5, 5.41) is 6.25. The Bertz CT molecular complexity index is 188. The normalized spacial score (nSPS) is 14.5. The summed E-state index contributed by atoms with van der Waals surface area (Å²) in [4.78, 5) is 11.6. The molecule has 1 amide bonds. The SMILES string of the molecule is CCCCNC(=O)C(C)NC(C)CCSC. The molecule has 0 aromatic carbocycles. The molecule has 0 aromatic heterocycles. The lowest BCUT2D eigenvalue weighted by Crippen LogP contribution is -2.46. The van der Waals surface area contributed by atoms with E-state index in [0.29, 0.717) is 6.04 Å². The molecular weight excluding hydrogens is 220 g/mol. The third kappa shape index (κ3) is 7.99. The Morgan fingerprint density at radius 3 is 2.62 bits per heavy atom. The van der Waals surface area contributed by atoms with E-state index in [1.54, 1.807) is 0 Å². The van der Waals surface area contributed by atoms with Gasteiger partial charge in [-0.3, -0.25) is 4.79 Å². The predicted molar refractivity (Wildman–Crippen MR) is 73.0 cm³/mol. The number of amides is 1. The molecule has 0 saturated heterocycles. The minimum atomic E-state index is -0.0892. The van der Waals surface area contributed by atoms with Crippen molar-refractivity contribution in [3.8, 4) is 0 Å². The van der Waals surface area contributed by atoms with Gasteiger partial charge in [0.1, 0.15) is 0 Å². The van der Waals surface area contributed by atoms with Gasteiger partial charge in [0.2, 0.25) is 5.91 Å². The van der Waals surface area contributed by atoms with Gasteiger partial charge in [-0.1, -0.05) is 13.3 Å². The number of unbranched alkanes of at least 4 members (excludes halogenated alkanes) is 1. The van der Waals surface area contributed by atoms with Crippen LogP contribution in [0.3, 0.4) is 0 Å². The zero-order valence-corrected chi connectivity index (χ0v) is 11.8. The van der Waals surface area contributed by atoms with Crippen LogP contribution in [0.4, 0.5) is 0 Å². The Morgan fingerprint density at radius 1 is 1.38 bits per heavy atom. The smallest absolute Gasteiger partial charge is 0.236 e. The van der Waals surface area contributed by atoms with Crippen LogP contribution in [0.2, 0.25) is 0 Å². The van der Waals surface area contributed by atoms with Crippen LogP contribution >= 0.6 is 11.8 Å². The Kier molecular flexibility index (Phi) is 9.83. The summed E-state index contributed by atoms with van der Waals surface area (Å²) in [7, 11) is 0. The first-order valence-corrected chi connectivity index (χ1v) is 7.53. The van der Waals surface area contributed by atoms with Crippen molar-refractivity contribution >= 4 is 17.7 Å². The first-order chi connectivity index (χ1) is 7.61. The van der Waals surface area contributed by atoms with E-state index in [1.807, 2.05) is 18.7 Å². The molecule has 0 radical (unpaired) electrons. The lowest BCUT2D eigenvalue weighted by atomic mass is 10.2. The van der Waals surface area contributed by atoms with E-state index in [4.69, 9.17) is 0 Å². The quantitative estimate of drug-likeness (QED) is 0.612. The van der Waals surface area contributed by atoms with E-state index in [2.05, 4.69) is 30.7 Å². The molecule has 0 aromatic rings. The summed E-state index contributed by atoms with van der Waals surface area (Å²) < 4.78 is 0. The topological polar surface area (TPSA) is 41.1 Å². The average molecular weight is 246 g/mol. The summed E-state index contributed by atoms with van der Waals surface area (Å²) in [5.41, 5.74) is 0. The van der Waals surface area contributed by atoms with Gasteiger partial charge in [0.25, 0.3) is 0 Å². The van der Waals surface area contributed by atoms with Crippen LogP contribution < -0.4 is 10.6 Å². The third-order valence-corrected chi connectivity index (χ3v) is 3.16. The summed E-state index contributed by atoms with van der Waals surface area (Å²) in [6.45, 7) is 6.97. The number of carbonyl (C=O) groups excluding carboxylic acids is 1. The molecular formula is C12H26N2OS. The number of nitrogens with one attached hydrogen (secondary N) is 2. The molecule has 16 heavy (non-hydrogen) atoms. The molecule has 0 saturated carbocycles. The molecule has 2 N–H and O–H groups in total. The maximum absolute atomic E-state index is 11.6. The second-order valence-electron chi connectivity index (χ2n) is 4.22. The molecule has 2 unspecified atom stereocenters. The standard InChI is InChI=1S/C12H26N2OS/c1-5-6-8-13-12(15)11(3)14-10(2)7-9-16-4/h10-11,14H,5-9H2,1-4H3,(H,13,15). The molecule has 2 atom stereocenters. The van der Waals surface area contributed by atoms with Crippen LogP contribution in [0.25, 0.3) is 0 Å². The van der Waals surface area contributed by atoms with E-state index >= 15 is 0 Å². The van der Waals surface area contributed by atoms with Gasteiger partial charge in [-0.25, -0.2) is 0 Å². The van der Waals surface area contributed by atoms with Crippen LogP contribution in [-0.2, 0) is 4.79 Å². The molecule has 0 bridgehead atoms. The summed E-state index contributed by atoms with van der Waals surface area (Å²) in [6.07, 6.45) is 5.38. The number of carbonyl (C=O) groups is 1. The van der Waals surface area contributed by atoms with Crippen molar-refractivity contribution < 1.29 is 4.79 Å². The Morgan fingerprint density at radius 2 is 2.06 bits per heavy atom. The second kappa shape index (κ2) is 9.97. The maximum atomic E-state index is 11.6. The van der Waals surface area contributed by atoms with Gasteiger partial charge < -0.3 is 10.6 Å². The average Bonchev–Trinajstić information content (AvgIpc) is 2.26. The zero-order chi connectivity index (χ0) is 12.4. The largest absolute Gasteiger partial charge is 0.355 e. The first kappa shape index (κ1) is 15.8. The summed E-state index contributed by atoms with van der Waals surface area (Å²) >= 11 is 1.84. The van der Waals surface area contributed by atoms with Gasteiger partial charge in [0.15, 0.2) is 0 Å². The van der Waals surface area contributed by atoms with E-state index in [1.165, 1.54) is 0 Å². The molecule has 4 heteroatoms. The first-order valence-electron chi connectivity index (χ1n) is 6.14. The number of thioether (sulfide) groups is 1. The molecule has 96 valence electrons. The molecule has 0 spiro atoms. The van der Waals surface area contributed by atoms with Crippen molar-refractivity contribution in [2.45, 2.75) is 52.1 Å². The molecule has 3 nitrogen and oxygen atoms in total. The summed E-state index contributed by atoms with van der Waals surface area (Å²) in [6, 6.07) is 0.313. The molecule has 0 fully saturated rings. The fraction of sp³-hybridized carbons (Fsp3) is 0.917. The third-order valence-electron chi connectivity index (χ3n) is 2.51. The molecule has 0 rings (SSSR count). The number of hydrogen-bond donors (Lipinski definition) is 2. The van der Waals surface area contributed by atoms with Crippen LogP contribution in [0, 0.1) is 0 Å². The zero-order valence-electron chi connectivity index (χ0n) is 11.0. The van der Waals surface area contributed by atoms with Crippen molar-refractivity contribution in [2.24, 2.45) is 0 Å². The van der Waals surface area contributed by atoms with Crippen LogP contribution in [0.5, 0.6) is 0 Å². The Labute approximate surface area is 104 Å². The van der Waals surface area contributed by atoms with Crippen molar-refractivity contribution in [3.05, 3.63) is 0 Å². The fourth-order valence-electron chi connectivity index (χ4n) is 1.42. The van der Waals surface area contributed by atoms with Crippen molar-refractivity contribution in [3.63, 3.8) is 0 Å². The highest BCUT2D eigenvalue weighted by Crippen LogP contribution is 2.00. The molecule has 0 aliphatic rings. The van der Waals surface area contributed by atoms with Crippen molar-refractivity contribution in [2.75, 3.05) is 18.6 Å².